The van der Waals surface area contributed by atoms with Crippen molar-refractivity contribution in [1.82, 2.24) is 20.0 Å². The summed E-state index contributed by atoms with van der Waals surface area (Å²) in [6.45, 7) is 1.03. The van der Waals surface area contributed by atoms with Gasteiger partial charge in [0.05, 0.1) is 17.4 Å². The van der Waals surface area contributed by atoms with Crippen molar-refractivity contribution in [3.05, 3.63) is 33.3 Å². The van der Waals surface area contributed by atoms with Crippen LogP contribution in [0.4, 0.5) is 11.5 Å². The SMILES string of the molecule is Nc1[nH]ncc1CNc1c(Cl)cnn(CC2CC2)c1=O. The van der Waals surface area contributed by atoms with Crippen molar-refractivity contribution in [2.75, 3.05) is 11.1 Å². The molecule has 0 atom stereocenters. The maximum Gasteiger partial charge on any atom is 0.291 e. The van der Waals surface area contributed by atoms with E-state index in [0.717, 1.165) is 18.4 Å². The Bertz CT molecular complexity index is 675. The molecule has 4 N–H and O–H groups in total. The van der Waals surface area contributed by atoms with Crippen LogP contribution in [0.3, 0.4) is 0 Å². The van der Waals surface area contributed by atoms with Crippen LogP contribution in [-0.4, -0.2) is 20.0 Å². The molecule has 0 amide bonds. The van der Waals surface area contributed by atoms with E-state index in [0.29, 0.717) is 35.5 Å². The Morgan fingerprint density at radius 1 is 1.50 bits per heavy atom. The molecule has 0 radical (unpaired) electrons. The second-order valence-corrected chi connectivity index (χ2v) is 5.37. The summed E-state index contributed by atoms with van der Waals surface area (Å²) in [5, 5.41) is 13.9. The molecule has 0 aromatic carbocycles. The fourth-order valence-corrected chi connectivity index (χ4v) is 2.14. The third kappa shape index (κ3) is 2.62. The van der Waals surface area contributed by atoms with Crippen LogP contribution in [0.15, 0.2) is 17.2 Å². The van der Waals surface area contributed by atoms with Crippen molar-refractivity contribution < 1.29 is 0 Å². The summed E-state index contributed by atoms with van der Waals surface area (Å²) >= 11 is 6.04. The van der Waals surface area contributed by atoms with E-state index < -0.39 is 0 Å². The van der Waals surface area contributed by atoms with Crippen LogP contribution in [0, 0.1) is 5.92 Å². The van der Waals surface area contributed by atoms with Crippen molar-refractivity contribution in [3.8, 4) is 0 Å². The number of nitrogen functional groups attached to an aromatic ring is 1. The molecule has 0 spiro atoms. The smallest absolute Gasteiger partial charge is 0.291 e. The van der Waals surface area contributed by atoms with Crippen LogP contribution >= 0.6 is 11.6 Å². The Morgan fingerprint density at radius 2 is 2.30 bits per heavy atom. The zero-order valence-corrected chi connectivity index (χ0v) is 11.5. The lowest BCUT2D eigenvalue weighted by Gasteiger charge is -2.10. The summed E-state index contributed by atoms with van der Waals surface area (Å²) in [5.74, 6) is 1.04. The van der Waals surface area contributed by atoms with Gasteiger partial charge in [0.15, 0.2) is 0 Å². The largest absolute Gasteiger partial charge is 0.384 e. The zero-order valence-electron chi connectivity index (χ0n) is 10.8. The molecule has 106 valence electrons. The summed E-state index contributed by atoms with van der Waals surface area (Å²) in [4.78, 5) is 12.3. The zero-order chi connectivity index (χ0) is 14.1. The minimum Gasteiger partial charge on any atom is -0.384 e. The van der Waals surface area contributed by atoms with Gasteiger partial charge >= 0.3 is 0 Å². The number of hydrogen-bond acceptors (Lipinski definition) is 5. The van der Waals surface area contributed by atoms with Gasteiger partial charge in [-0.1, -0.05) is 11.6 Å². The highest BCUT2D eigenvalue weighted by molar-refractivity contribution is 6.32. The van der Waals surface area contributed by atoms with Gasteiger partial charge in [0.25, 0.3) is 5.56 Å². The third-order valence-corrected chi connectivity index (χ3v) is 3.62. The van der Waals surface area contributed by atoms with Gasteiger partial charge in [0, 0.05) is 18.7 Å². The van der Waals surface area contributed by atoms with Gasteiger partial charge in [-0.2, -0.15) is 10.2 Å². The first kappa shape index (κ1) is 13.0. The molecule has 2 aromatic heterocycles. The van der Waals surface area contributed by atoms with E-state index in [-0.39, 0.29) is 5.56 Å². The maximum atomic E-state index is 12.3. The molecule has 1 saturated carbocycles. The number of hydrogen-bond donors (Lipinski definition) is 3. The number of H-pyrrole nitrogens is 1. The summed E-state index contributed by atoms with van der Waals surface area (Å²) in [6, 6.07) is 0. The number of nitrogens with two attached hydrogens (primary N) is 1. The number of anilines is 2. The average molecular weight is 295 g/mol. The highest BCUT2D eigenvalue weighted by Crippen LogP contribution is 2.30. The molecule has 20 heavy (non-hydrogen) atoms. The molecule has 3 rings (SSSR count). The molecular weight excluding hydrogens is 280 g/mol. The highest BCUT2D eigenvalue weighted by atomic mass is 35.5. The molecule has 0 aliphatic heterocycles. The molecule has 0 unspecified atom stereocenters. The highest BCUT2D eigenvalue weighted by Gasteiger charge is 2.23. The Morgan fingerprint density at radius 3 is 2.95 bits per heavy atom. The molecule has 1 aliphatic rings. The fourth-order valence-electron chi connectivity index (χ4n) is 1.95. The number of aromatic nitrogens is 4. The molecule has 8 heteroatoms. The van der Waals surface area contributed by atoms with Gasteiger partial charge in [-0.15, -0.1) is 0 Å². The lowest BCUT2D eigenvalue weighted by Crippen LogP contribution is -2.26. The number of rotatable bonds is 5. The molecule has 1 aliphatic carbocycles. The van der Waals surface area contributed by atoms with Crippen molar-refractivity contribution >= 4 is 23.1 Å². The van der Waals surface area contributed by atoms with Gasteiger partial charge < -0.3 is 11.1 Å². The van der Waals surface area contributed by atoms with Crippen LogP contribution in [0.1, 0.15) is 18.4 Å². The molecule has 0 bridgehead atoms. The Hall–Kier alpha value is -2.02. The number of nitrogens with one attached hydrogen (secondary N) is 2. The number of halogens is 1. The van der Waals surface area contributed by atoms with Gasteiger partial charge in [0.1, 0.15) is 11.5 Å². The first-order chi connectivity index (χ1) is 9.65. The molecular formula is C12H15ClN6O. The molecule has 2 aromatic rings. The maximum absolute atomic E-state index is 12.3. The molecule has 7 nitrogen and oxygen atoms in total. The Balaban J connectivity index is 1.80. The van der Waals surface area contributed by atoms with Crippen LogP contribution < -0.4 is 16.6 Å². The average Bonchev–Trinajstić information content (AvgIpc) is 3.15. The van der Waals surface area contributed by atoms with Crippen molar-refractivity contribution in [1.29, 1.82) is 0 Å². The van der Waals surface area contributed by atoms with E-state index in [9.17, 15) is 4.79 Å². The van der Waals surface area contributed by atoms with Crippen molar-refractivity contribution in [2.45, 2.75) is 25.9 Å². The normalized spacial score (nSPS) is 14.4. The van der Waals surface area contributed by atoms with E-state index in [4.69, 9.17) is 17.3 Å². The first-order valence-electron chi connectivity index (χ1n) is 6.42. The molecule has 0 saturated heterocycles. The van der Waals surface area contributed by atoms with Gasteiger partial charge in [0.2, 0.25) is 0 Å². The minimum absolute atomic E-state index is 0.202. The quantitative estimate of drug-likeness (QED) is 0.770. The Kier molecular flexibility index (Phi) is 3.35. The second kappa shape index (κ2) is 5.16. The topological polar surface area (TPSA) is 102 Å². The minimum atomic E-state index is -0.202. The van der Waals surface area contributed by atoms with Crippen LogP contribution in [0.25, 0.3) is 0 Å². The lowest BCUT2D eigenvalue weighted by atomic mass is 10.3. The summed E-state index contributed by atoms with van der Waals surface area (Å²) in [5.41, 5.74) is 6.63. The monoisotopic (exact) mass is 294 g/mol. The van der Waals surface area contributed by atoms with Gasteiger partial charge in [-0.3, -0.25) is 9.89 Å². The van der Waals surface area contributed by atoms with Crippen LogP contribution in [0.2, 0.25) is 5.02 Å². The van der Waals surface area contributed by atoms with E-state index in [1.807, 2.05) is 0 Å². The summed E-state index contributed by atoms with van der Waals surface area (Å²) < 4.78 is 1.46. The molecule has 2 heterocycles. The van der Waals surface area contributed by atoms with Crippen molar-refractivity contribution in [2.24, 2.45) is 5.92 Å². The fraction of sp³-hybridized carbons (Fsp3) is 0.417. The van der Waals surface area contributed by atoms with E-state index in [1.54, 1.807) is 6.20 Å². The van der Waals surface area contributed by atoms with Gasteiger partial charge in [-0.25, -0.2) is 4.68 Å². The predicted molar refractivity (Wildman–Crippen MR) is 76.6 cm³/mol. The lowest BCUT2D eigenvalue weighted by molar-refractivity contribution is 0.534. The first-order valence-corrected chi connectivity index (χ1v) is 6.80. The summed E-state index contributed by atoms with van der Waals surface area (Å²) in [6.07, 6.45) is 5.42. The van der Waals surface area contributed by atoms with E-state index >= 15 is 0 Å². The third-order valence-electron chi connectivity index (χ3n) is 3.33. The van der Waals surface area contributed by atoms with E-state index in [2.05, 4.69) is 20.6 Å². The molecule has 1 fully saturated rings. The van der Waals surface area contributed by atoms with Crippen molar-refractivity contribution in [3.63, 3.8) is 0 Å². The summed E-state index contributed by atoms with van der Waals surface area (Å²) in [7, 11) is 0. The van der Waals surface area contributed by atoms with Crippen LogP contribution in [0.5, 0.6) is 0 Å². The Labute approximate surface area is 120 Å². The second-order valence-electron chi connectivity index (χ2n) is 4.96. The van der Waals surface area contributed by atoms with Crippen LogP contribution in [-0.2, 0) is 13.1 Å². The number of aromatic amines is 1. The standard InChI is InChI=1S/C12H15ClN6O/c13-9-5-17-19(6-7-1-2-7)12(20)10(9)15-3-8-4-16-18-11(8)14/h4-5,7,15H,1-3,6H2,(H3,14,16,18). The van der Waals surface area contributed by atoms with E-state index in [1.165, 1.54) is 10.9 Å². The van der Waals surface area contributed by atoms with Gasteiger partial charge in [-0.05, 0) is 18.8 Å². The predicted octanol–water partition coefficient (Wildman–Crippen LogP) is 1.22. The number of nitrogens with zero attached hydrogens (tertiary/aromatic N) is 3.